The summed E-state index contributed by atoms with van der Waals surface area (Å²) in [7, 11) is 0. The fraction of sp³-hybridized carbons (Fsp3) is 0.250. The fourth-order valence-electron chi connectivity index (χ4n) is 2.92. The second-order valence-corrected chi connectivity index (χ2v) is 6.14. The van der Waals surface area contributed by atoms with Crippen LogP contribution in [0.25, 0.3) is 0 Å². The molecule has 2 N–H and O–H groups in total. The molecule has 7 heteroatoms. The second kappa shape index (κ2) is 8.35. The summed E-state index contributed by atoms with van der Waals surface area (Å²) in [6, 6.07) is 15.1. The molecule has 140 valence electrons. The van der Waals surface area contributed by atoms with Crippen LogP contribution >= 0.6 is 0 Å². The zero-order valence-electron chi connectivity index (χ0n) is 15.0. The van der Waals surface area contributed by atoms with Crippen LogP contribution in [0.2, 0.25) is 0 Å². The number of esters is 1. The van der Waals surface area contributed by atoms with Gasteiger partial charge in [0.15, 0.2) is 0 Å². The maximum atomic E-state index is 12.2. The van der Waals surface area contributed by atoms with Crippen molar-refractivity contribution >= 4 is 29.3 Å². The molecule has 0 aliphatic carbocycles. The van der Waals surface area contributed by atoms with Gasteiger partial charge in [-0.05, 0) is 43.3 Å². The van der Waals surface area contributed by atoms with Gasteiger partial charge in [0.05, 0.1) is 18.2 Å². The van der Waals surface area contributed by atoms with E-state index in [-0.39, 0.29) is 18.4 Å². The van der Waals surface area contributed by atoms with Gasteiger partial charge >= 0.3 is 12.0 Å². The van der Waals surface area contributed by atoms with Crippen molar-refractivity contribution in [1.82, 2.24) is 5.32 Å². The summed E-state index contributed by atoms with van der Waals surface area (Å²) >= 11 is 0. The summed E-state index contributed by atoms with van der Waals surface area (Å²) in [5.41, 5.74) is 1.79. The summed E-state index contributed by atoms with van der Waals surface area (Å²) in [6.07, 6.45) is 0.254. The Labute approximate surface area is 157 Å². The van der Waals surface area contributed by atoms with Gasteiger partial charge in [-0.1, -0.05) is 18.2 Å². The molecule has 1 aliphatic heterocycles. The fourth-order valence-corrected chi connectivity index (χ4v) is 2.92. The average Bonchev–Trinajstić information content (AvgIpc) is 3.03. The van der Waals surface area contributed by atoms with E-state index in [1.165, 1.54) is 0 Å². The van der Waals surface area contributed by atoms with Crippen LogP contribution in [0.3, 0.4) is 0 Å². The van der Waals surface area contributed by atoms with E-state index in [0.717, 1.165) is 5.69 Å². The van der Waals surface area contributed by atoms with E-state index in [9.17, 15) is 14.4 Å². The largest absolute Gasteiger partial charge is 0.462 e. The van der Waals surface area contributed by atoms with E-state index >= 15 is 0 Å². The Morgan fingerprint density at radius 1 is 1.11 bits per heavy atom. The number of nitrogens with one attached hydrogen (secondary N) is 2. The van der Waals surface area contributed by atoms with Gasteiger partial charge < -0.3 is 20.3 Å². The van der Waals surface area contributed by atoms with Gasteiger partial charge in [-0.2, -0.15) is 0 Å². The zero-order chi connectivity index (χ0) is 19.2. The Kier molecular flexibility index (Phi) is 5.71. The second-order valence-electron chi connectivity index (χ2n) is 6.14. The number of benzene rings is 2. The van der Waals surface area contributed by atoms with Crippen LogP contribution in [0.15, 0.2) is 54.6 Å². The predicted octanol–water partition coefficient (Wildman–Crippen LogP) is 2.79. The molecule has 0 aromatic heterocycles. The molecular formula is C20H21N3O4. The van der Waals surface area contributed by atoms with Crippen LogP contribution in [0, 0.1) is 0 Å². The van der Waals surface area contributed by atoms with E-state index < -0.39 is 12.0 Å². The van der Waals surface area contributed by atoms with Crippen molar-refractivity contribution < 1.29 is 19.1 Å². The van der Waals surface area contributed by atoms with Crippen LogP contribution in [-0.4, -0.2) is 37.1 Å². The zero-order valence-corrected chi connectivity index (χ0v) is 15.0. The highest BCUT2D eigenvalue weighted by atomic mass is 16.5. The summed E-state index contributed by atoms with van der Waals surface area (Å²) in [6.45, 7) is 2.48. The number of urea groups is 1. The molecule has 27 heavy (non-hydrogen) atoms. The topological polar surface area (TPSA) is 87.7 Å². The van der Waals surface area contributed by atoms with Crippen molar-refractivity contribution in [3.63, 3.8) is 0 Å². The molecule has 0 saturated carbocycles. The van der Waals surface area contributed by atoms with E-state index in [1.807, 2.05) is 30.3 Å². The Morgan fingerprint density at radius 3 is 2.48 bits per heavy atom. The molecule has 3 rings (SSSR count). The minimum absolute atomic E-state index is 0.0229. The lowest BCUT2D eigenvalue weighted by Gasteiger charge is -2.17. The van der Waals surface area contributed by atoms with Crippen molar-refractivity contribution in [2.45, 2.75) is 19.4 Å². The minimum Gasteiger partial charge on any atom is -0.462 e. The molecule has 7 nitrogen and oxygen atoms in total. The van der Waals surface area contributed by atoms with Gasteiger partial charge in [0.2, 0.25) is 5.91 Å². The Balaban J connectivity index is 1.54. The van der Waals surface area contributed by atoms with E-state index in [4.69, 9.17) is 4.74 Å². The lowest BCUT2D eigenvalue weighted by atomic mass is 10.2. The first kappa shape index (κ1) is 18.4. The van der Waals surface area contributed by atoms with Gasteiger partial charge in [0, 0.05) is 24.3 Å². The third kappa shape index (κ3) is 4.63. The Hall–Kier alpha value is -3.35. The highest BCUT2D eigenvalue weighted by molar-refractivity contribution is 5.97. The van der Waals surface area contributed by atoms with E-state index in [0.29, 0.717) is 24.4 Å². The number of hydrogen-bond acceptors (Lipinski definition) is 4. The van der Waals surface area contributed by atoms with Crippen molar-refractivity contribution in [1.29, 1.82) is 0 Å². The van der Waals surface area contributed by atoms with Gasteiger partial charge in [-0.25, -0.2) is 9.59 Å². The molecule has 0 radical (unpaired) electrons. The quantitative estimate of drug-likeness (QED) is 0.796. The Bertz CT molecular complexity index is 821. The summed E-state index contributed by atoms with van der Waals surface area (Å²) in [5.74, 6) is -0.427. The van der Waals surface area contributed by atoms with Crippen molar-refractivity contribution in [3.8, 4) is 0 Å². The first-order valence-corrected chi connectivity index (χ1v) is 8.77. The van der Waals surface area contributed by atoms with Crippen molar-refractivity contribution in [2.75, 3.05) is 23.4 Å². The van der Waals surface area contributed by atoms with Crippen molar-refractivity contribution in [3.05, 3.63) is 60.2 Å². The summed E-state index contributed by atoms with van der Waals surface area (Å²) < 4.78 is 4.92. The molecule has 0 spiro atoms. The van der Waals surface area contributed by atoms with Gasteiger partial charge in [0.1, 0.15) is 0 Å². The first-order chi connectivity index (χ1) is 13.1. The molecule has 1 saturated heterocycles. The maximum Gasteiger partial charge on any atom is 0.338 e. The molecule has 1 atom stereocenters. The minimum atomic E-state index is -0.404. The van der Waals surface area contributed by atoms with Crippen molar-refractivity contribution in [2.24, 2.45) is 0 Å². The normalized spacial score (nSPS) is 16.1. The number of amides is 3. The number of para-hydroxylation sites is 1. The number of rotatable bonds is 5. The number of carbonyl (C=O) groups is 3. The lowest BCUT2D eigenvalue weighted by Crippen LogP contribution is -2.39. The number of carbonyl (C=O) groups excluding carboxylic acids is 3. The predicted molar refractivity (Wildman–Crippen MR) is 102 cm³/mol. The molecule has 2 aromatic rings. The smallest absolute Gasteiger partial charge is 0.338 e. The first-order valence-electron chi connectivity index (χ1n) is 8.77. The summed E-state index contributed by atoms with van der Waals surface area (Å²) in [4.78, 5) is 37.7. The molecule has 3 amide bonds. The highest BCUT2D eigenvalue weighted by Crippen LogP contribution is 2.21. The van der Waals surface area contributed by atoms with Gasteiger partial charge in [-0.3, -0.25) is 4.79 Å². The van der Waals surface area contributed by atoms with E-state index in [1.54, 1.807) is 36.1 Å². The molecule has 1 unspecified atom stereocenters. The number of anilines is 2. The summed E-state index contributed by atoms with van der Waals surface area (Å²) in [5, 5.41) is 5.52. The highest BCUT2D eigenvalue weighted by Gasteiger charge is 2.31. The Morgan fingerprint density at radius 2 is 1.81 bits per heavy atom. The van der Waals surface area contributed by atoms with Crippen LogP contribution in [0.4, 0.5) is 16.2 Å². The van der Waals surface area contributed by atoms with Gasteiger partial charge in [-0.15, -0.1) is 0 Å². The average molecular weight is 367 g/mol. The number of nitrogens with zero attached hydrogens (tertiary/aromatic N) is 1. The third-order valence-corrected chi connectivity index (χ3v) is 4.18. The number of ether oxygens (including phenoxy) is 1. The third-order valence-electron chi connectivity index (χ3n) is 4.18. The maximum absolute atomic E-state index is 12.2. The molecular weight excluding hydrogens is 346 g/mol. The monoisotopic (exact) mass is 367 g/mol. The van der Waals surface area contributed by atoms with Crippen LogP contribution in [-0.2, 0) is 9.53 Å². The molecule has 1 heterocycles. The molecule has 0 bridgehead atoms. The van der Waals surface area contributed by atoms with Gasteiger partial charge in [0.25, 0.3) is 0 Å². The lowest BCUT2D eigenvalue weighted by molar-refractivity contribution is -0.117. The standard InChI is InChI=1S/C20H21N3O4/c1-2-27-19(25)14-8-10-15(11-9-14)21-20(26)22-16-12-18(24)23(13-16)17-6-4-3-5-7-17/h3-11,16H,2,12-13H2,1H3,(H2,21,22,26). The van der Waals surface area contributed by atoms with Crippen LogP contribution < -0.4 is 15.5 Å². The molecule has 2 aromatic carbocycles. The molecule has 1 aliphatic rings. The molecule has 1 fully saturated rings. The number of hydrogen-bond donors (Lipinski definition) is 2. The van der Waals surface area contributed by atoms with Crippen LogP contribution in [0.5, 0.6) is 0 Å². The van der Waals surface area contributed by atoms with E-state index in [2.05, 4.69) is 10.6 Å². The SMILES string of the molecule is CCOC(=O)c1ccc(NC(=O)NC2CC(=O)N(c3ccccc3)C2)cc1. The van der Waals surface area contributed by atoms with Crippen LogP contribution in [0.1, 0.15) is 23.7 Å².